The summed E-state index contributed by atoms with van der Waals surface area (Å²) in [7, 11) is 3.32. The zero-order valence-corrected chi connectivity index (χ0v) is 26.3. The van der Waals surface area contributed by atoms with Gasteiger partial charge in [-0.2, -0.15) is 9.97 Å². The summed E-state index contributed by atoms with van der Waals surface area (Å²) in [6, 6.07) is 5.39. The summed E-state index contributed by atoms with van der Waals surface area (Å²) in [6.07, 6.45) is 10.1. The Morgan fingerprint density at radius 3 is 2.74 bits per heavy atom. The highest BCUT2D eigenvalue weighted by Crippen LogP contribution is 2.48. The average molecular weight is 648 g/mol. The molecule has 0 unspecified atom stereocenters. The third kappa shape index (κ3) is 5.76. The number of aromatic nitrogens is 3. The molecule has 3 atom stereocenters. The quantitative estimate of drug-likeness (QED) is 0.159. The van der Waals surface area contributed by atoms with Crippen molar-refractivity contribution < 1.29 is 32.5 Å². The molecule has 1 saturated heterocycles. The van der Waals surface area contributed by atoms with Crippen molar-refractivity contribution in [2.24, 2.45) is 5.41 Å². The Morgan fingerprint density at radius 1 is 1.15 bits per heavy atom. The third-order valence-electron chi connectivity index (χ3n) is 9.64. The third-order valence-corrected chi connectivity index (χ3v) is 9.64. The smallest absolute Gasteiger partial charge is 0.319 e. The molecule has 0 bridgehead atoms. The second-order valence-electron chi connectivity index (χ2n) is 12.8. The molecule has 1 aliphatic heterocycles. The highest BCUT2D eigenvalue weighted by Gasteiger charge is 2.50. The number of terminal acetylenes is 1. The van der Waals surface area contributed by atoms with Gasteiger partial charge >= 0.3 is 6.01 Å². The van der Waals surface area contributed by atoms with Gasteiger partial charge in [0.1, 0.15) is 40.2 Å². The number of nitrogens with zero attached hydrogens (tertiary/aromatic N) is 4. The van der Waals surface area contributed by atoms with E-state index in [1.807, 2.05) is 7.05 Å². The molecule has 3 heterocycles. The number of phenolic OH excluding ortho intramolecular Hbond substituents is 1. The standard InChI is InChI=1S/C35H36F3N5O4/c1-4-23-25(37)10-7-19-14-21(44)15-24(27(19)23)30-29(38)31-28(33(40-30)45-3)32(39-12-13-46-22-8-9-22)42-34(41-31)47-18-35-11-5-6-26(35)43(2)17-20(36)16-35/h1,7,10,14-15,20,22,26,44H,5-6,8-9,11-13,16-18H2,2-3H3,(H,39,41,42)/t20-,26+,35+/m0/s1. The van der Waals surface area contributed by atoms with E-state index in [1.54, 1.807) is 0 Å². The second kappa shape index (κ2) is 12.4. The molecule has 2 saturated carbocycles. The van der Waals surface area contributed by atoms with E-state index in [0.717, 1.165) is 32.1 Å². The molecule has 2 aromatic heterocycles. The summed E-state index contributed by atoms with van der Waals surface area (Å²) in [5, 5.41) is 14.5. The normalized spacial score (nSPS) is 22.7. The minimum Gasteiger partial charge on any atom is -0.508 e. The molecule has 2 aromatic carbocycles. The van der Waals surface area contributed by atoms with Crippen molar-refractivity contribution in [3.05, 3.63) is 41.5 Å². The highest BCUT2D eigenvalue weighted by molar-refractivity contribution is 6.04. The van der Waals surface area contributed by atoms with Gasteiger partial charge in [-0.3, -0.25) is 4.90 Å². The van der Waals surface area contributed by atoms with Crippen LogP contribution in [-0.4, -0.2) is 83.7 Å². The van der Waals surface area contributed by atoms with Gasteiger partial charge in [0.25, 0.3) is 0 Å². The van der Waals surface area contributed by atoms with Gasteiger partial charge in [-0.15, -0.1) is 6.42 Å². The van der Waals surface area contributed by atoms with Gasteiger partial charge in [0.05, 0.1) is 32.0 Å². The van der Waals surface area contributed by atoms with Crippen molar-refractivity contribution in [1.82, 2.24) is 19.9 Å². The number of piperidine rings is 1. The Balaban J connectivity index is 1.35. The molecular weight excluding hydrogens is 611 g/mol. The molecular formula is C35H36F3N5O4. The molecule has 3 fully saturated rings. The van der Waals surface area contributed by atoms with Crippen molar-refractivity contribution in [3.63, 3.8) is 0 Å². The molecule has 2 aliphatic carbocycles. The first-order chi connectivity index (χ1) is 22.7. The van der Waals surface area contributed by atoms with Crippen molar-refractivity contribution >= 4 is 27.5 Å². The number of halogens is 3. The number of ether oxygens (including phenoxy) is 3. The zero-order chi connectivity index (χ0) is 32.9. The van der Waals surface area contributed by atoms with E-state index in [4.69, 9.17) is 20.6 Å². The van der Waals surface area contributed by atoms with Gasteiger partial charge in [0.2, 0.25) is 5.88 Å². The number of nitrogens with one attached hydrogen (secondary N) is 1. The van der Waals surface area contributed by atoms with Gasteiger partial charge in [0.15, 0.2) is 5.82 Å². The Bertz CT molecular complexity index is 1900. The van der Waals surface area contributed by atoms with Crippen LogP contribution in [0.2, 0.25) is 0 Å². The summed E-state index contributed by atoms with van der Waals surface area (Å²) in [6.45, 7) is 1.30. The van der Waals surface area contributed by atoms with E-state index < -0.39 is 23.2 Å². The molecule has 0 amide bonds. The predicted molar refractivity (Wildman–Crippen MR) is 172 cm³/mol. The summed E-state index contributed by atoms with van der Waals surface area (Å²) in [4.78, 5) is 15.7. The van der Waals surface area contributed by atoms with Crippen LogP contribution in [0.25, 0.3) is 32.9 Å². The van der Waals surface area contributed by atoms with E-state index in [0.29, 0.717) is 31.5 Å². The van der Waals surface area contributed by atoms with Gasteiger partial charge in [0, 0.05) is 35.5 Å². The summed E-state index contributed by atoms with van der Waals surface area (Å²) in [5.41, 5.74) is -0.885. The fourth-order valence-electron chi connectivity index (χ4n) is 7.45. The number of benzene rings is 2. The Morgan fingerprint density at radius 2 is 1.98 bits per heavy atom. The first-order valence-corrected chi connectivity index (χ1v) is 15.9. The number of rotatable bonds is 10. The minimum absolute atomic E-state index is 0.00709. The number of anilines is 1. The molecule has 2 N–H and O–H groups in total. The second-order valence-corrected chi connectivity index (χ2v) is 12.8. The van der Waals surface area contributed by atoms with Gasteiger partial charge < -0.3 is 24.6 Å². The lowest BCUT2D eigenvalue weighted by Crippen LogP contribution is -2.54. The molecule has 47 heavy (non-hydrogen) atoms. The maximum absolute atomic E-state index is 16.8. The van der Waals surface area contributed by atoms with Crippen molar-refractivity contribution in [3.8, 4) is 41.2 Å². The van der Waals surface area contributed by atoms with E-state index in [2.05, 4.69) is 31.1 Å². The van der Waals surface area contributed by atoms with E-state index in [9.17, 15) is 13.9 Å². The van der Waals surface area contributed by atoms with Crippen LogP contribution in [-0.2, 0) is 4.74 Å². The van der Waals surface area contributed by atoms with Crippen LogP contribution < -0.4 is 14.8 Å². The maximum Gasteiger partial charge on any atom is 0.319 e. The Hall–Kier alpha value is -4.34. The van der Waals surface area contributed by atoms with Crippen molar-refractivity contribution in [2.75, 3.05) is 45.8 Å². The van der Waals surface area contributed by atoms with E-state index in [-0.39, 0.29) is 75.3 Å². The maximum atomic E-state index is 16.8. The minimum atomic E-state index is -0.982. The molecule has 9 nitrogen and oxygen atoms in total. The number of phenols is 1. The number of likely N-dealkylation sites (tertiary alicyclic amines) is 1. The van der Waals surface area contributed by atoms with Crippen LogP contribution in [0.1, 0.15) is 44.1 Å². The lowest BCUT2D eigenvalue weighted by molar-refractivity contribution is -0.0244. The number of methoxy groups -OCH3 is 1. The van der Waals surface area contributed by atoms with Crippen molar-refractivity contribution in [2.45, 2.75) is 56.8 Å². The lowest BCUT2D eigenvalue weighted by atomic mass is 9.75. The number of hydrogen-bond acceptors (Lipinski definition) is 9. The zero-order valence-electron chi connectivity index (χ0n) is 26.3. The largest absolute Gasteiger partial charge is 0.508 e. The monoisotopic (exact) mass is 647 g/mol. The molecule has 4 aromatic rings. The Labute approximate surface area is 270 Å². The molecule has 7 rings (SSSR count). The van der Waals surface area contributed by atoms with Gasteiger partial charge in [-0.25, -0.2) is 18.2 Å². The number of fused-ring (bicyclic) bond motifs is 3. The fraction of sp³-hybridized carbons (Fsp3) is 0.457. The van der Waals surface area contributed by atoms with Crippen LogP contribution in [0.5, 0.6) is 17.6 Å². The van der Waals surface area contributed by atoms with E-state index in [1.165, 1.54) is 31.4 Å². The molecule has 12 heteroatoms. The van der Waals surface area contributed by atoms with Crippen LogP contribution >= 0.6 is 0 Å². The first kappa shape index (κ1) is 31.3. The van der Waals surface area contributed by atoms with Gasteiger partial charge in [-0.05, 0) is 62.7 Å². The SMILES string of the molecule is C#Cc1c(F)ccc2cc(O)cc(-c3nc(OC)c4c(NCCOC5CC5)nc(OC[C@]56CCC[C@H]5N(C)C[C@@H](F)C6)nc4c3F)c12. The Kier molecular flexibility index (Phi) is 8.22. The fourth-order valence-corrected chi connectivity index (χ4v) is 7.45. The summed E-state index contributed by atoms with van der Waals surface area (Å²) in [5.74, 6) is 0.823. The van der Waals surface area contributed by atoms with Crippen LogP contribution in [0, 0.1) is 29.4 Å². The highest BCUT2D eigenvalue weighted by atomic mass is 19.1. The van der Waals surface area contributed by atoms with Crippen LogP contribution in [0.15, 0.2) is 24.3 Å². The topological polar surface area (TPSA) is 102 Å². The van der Waals surface area contributed by atoms with Crippen LogP contribution in [0.3, 0.4) is 0 Å². The molecule has 246 valence electrons. The summed E-state index contributed by atoms with van der Waals surface area (Å²) >= 11 is 0. The number of hydrogen-bond donors (Lipinski definition) is 2. The van der Waals surface area contributed by atoms with Crippen molar-refractivity contribution in [1.29, 1.82) is 0 Å². The summed E-state index contributed by atoms with van der Waals surface area (Å²) < 4.78 is 64.2. The van der Waals surface area contributed by atoms with Gasteiger partial charge in [-0.1, -0.05) is 18.4 Å². The number of alkyl halides is 1. The van der Waals surface area contributed by atoms with E-state index >= 15 is 4.39 Å². The predicted octanol–water partition coefficient (Wildman–Crippen LogP) is 6.00. The first-order valence-electron chi connectivity index (χ1n) is 15.9. The average Bonchev–Trinajstić information content (AvgIpc) is 3.78. The molecule has 0 spiro atoms. The number of aromatic hydroxyl groups is 1. The van der Waals surface area contributed by atoms with Crippen LogP contribution in [0.4, 0.5) is 19.0 Å². The molecule has 0 radical (unpaired) electrons. The lowest BCUT2D eigenvalue weighted by Gasteiger charge is -2.45. The molecule has 3 aliphatic rings. The number of pyridine rings is 1.